The maximum atomic E-state index is 5.47. The zero-order chi connectivity index (χ0) is 15.0. The fourth-order valence-electron chi connectivity index (χ4n) is 2.97. The van der Waals surface area contributed by atoms with E-state index in [-0.39, 0.29) is 5.41 Å². The summed E-state index contributed by atoms with van der Waals surface area (Å²) in [5, 5.41) is 4.26. The molecule has 2 heterocycles. The Bertz CT molecular complexity index is 779. The zero-order valence-electron chi connectivity index (χ0n) is 11.9. The molecule has 4 nitrogen and oxygen atoms in total. The monoisotopic (exact) mass is 355 g/mol. The molecule has 1 aliphatic rings. The number of halogens is 1. The topological polar surface area (TPSA) is 51.8 Å². The van der Waals surface area contributed by atoms with Gasteiger partial charge < -0.3 is 4.52 Å². The van der Waals surface area contributed by atoms with Gasteiger partial charge in [-0.3, -0.25) is 4.98 Å². The fraction of sp³-hybridized carbons (Fsp3) is 0.235. The van der Waals surface area contributed by atoms with Crippen molar-refractivity contribution < 1.29 is 4.52 Å². The third-order valence-corrected chi connectivity index (χ3v) is 4.90. The molecular weight excluding hydrogens is 342 g/mol. The molecule has 3 aromatic rings. The van der Waals surface area contributed by atoms with E-state index in [4.69, 9.17) is 4.52 Å². The molecule has 4 rings (SSSR count). The molecular formula is C17H14BrN3O. The Hall–Kier alpha value is -2.01. The molecule has 0 atom stereocenters. The summed E-state index contributed by atoms with van der Waals surface area (Å²) in [4.78, 5) is 8.75. The van der Waals surface area contributed by atoms with Crippen molar-refractivity contribution in [2.75, 3.05) is 0 Å². The van der Waals surface area contributed by atoms with Gasteiger partial charge in [0.2, 0.25) is 0 Å². The van der Waals surface area contributed by atoms with Crippen LogP contribution in [0.3, 0.4) is 0 Å². The Balaban J connectivity index is 1.74. The van der Waals surface area contributed by atoms with Gasteiger partial charge in [-0.2, -0.15) is 4.98 Å². The number of hydrogen-bond donors (Lipinski definition) is 0. The normalized spacial score (nSPS) is 16.2. The molecule has 1 aromatic carbocycles. The Morgan fingerprint density at radius 3 is 2.55 bits per heavy atom. The average molecular weight is 356 g/mol. The van der Waals surface area contributed by atoms with Crippen LogP contribution in [0.2, 0.25) is 0 Å². The molecule has 0 radical (unpaired) electrons. The van der Waals surface area contributed by atoms with Crippen LogP contribution >= 0.6 is 15.9 Å². The Morgan fingerprint density at radius 1 is 1.09 bits per heavy atom. The van der Waals surface area contributed by atoms with E-state index < -0.39 is 0 Å². The number of aromatic nitrogens is 3. The SMILES string of the molecule is Brc1ccc(C2(c3noc(-c4cccnc4)n3)CCC2)cc1. The highest BCUT2D eigenvalue weighted by atomic mass is 79.9. The molecule has 1 fully saturated rings. The standard InChI is InChI=1S/C17H14BrN3O/c18-14-6-4-13(5-7-14)17(8-2-9-17)16-20-15(22-21-16)12-3-1-10-19-11-12/h1,3-7,10-11H,2,8-9H2. The summed E-state index contributed by atoms with van der Waals surface area (Å²) in [6, 6.07) is 12.2. The van der Waals surface area contributed by atoms with E-state index in [0.717, 1.165) is 28.7 Å². The lowest BCUT2D eigenvalue weighted by Gasteiger charge is -2.39. The molecule has 0 unspecified atom stereocenters. The van der Waals surface area contributed by atoms with Crippen LogP contribution < -0.4 is 0 Å². The van der Waals surface area contributed by atoms with E-state index in [1.807, 2.05) is 12.1 Å². The van der Waals surface area contributed by atoms with Crippen molar-refractivity contribution in [1.82, 2.24) is 15.1 Å². The number of rotatable bonds is 3. The molecule has 1 aliphatic carbocycles. The van der Waals surface area contributed by atoms with Crippen LogP contribution in [0.25, 0.3) is 11.5 Å². The predicted molar refractivity (Wildman–Crippen MR) is 86.3 cm³/mol. The van der Waals surface area contributed by atoms with Crippen molar-refractivity contribution in [1.29, 1.82) is 0 Å². The summed E-state index contributed by atoms with van der Waals surface area (Å²) in [7, 11) is 0. The van der Waals surface area contributed by atoms with E-state index in [1.54, 1.807) is 12.4 Å². The summed E-state index contributed by atoms with van der Waals surface area (Å²) >= 11 is 3.49. The minimum absolute atomic E-state index is 0.106. The molecule has 0 aliphatic heterocycles. The second kappa shape index (κ2) is 5.32. The molecule has 0 N–H and O–H groups in total. The largest absolute Gasteiger partial charge is 0.334 e. The molecule has 0 saturated heterocycles. The van der Waals surface area contributed by atoms with Crippen molar-refractivity contribution in [3.05, 3.63) is 64.7 Å². The minimum Gasteiger partial charge on any atom is -0.334 e. The number of pyridine rings is 1. The molecule has 0 amide bonds. The third-order valence-electron chi connectivity index (χ3n) is 4.37. The lowest BCUT2D eigenvalue weighted by molar-refractivity contribution is 0.273. The minimum atomic E-state index is -0.106. The van der Waals surface area contributed by atoms with Gasteiger partial charge in [0, 0.05) is 16.9 Å². The van der Waals surface area contributed by atoms with Crippen LogP contribution in [0.5, 0.6) is 0 Å². The maximum Gasteiger partial charge on any atom is 0.259 e. The van der Waals surface area contributed by atoms with Gasteiger partial charge in [0.05, 0.1) is 11.0 Å². The summed E-state index contributed by atoms with van der Waals surface area (Å²) < 4.78 is 6.55. The zero-order valence-corrected chi connectivity index (χ0v) is 13.5. The van der Waals surface area contributed by atoms with Crippen molar-refractivity contribution in [2.45, 2.75) is 24.7 Å². The third kappa shape index (κ3) is 2.16. The van der Waals surface area contributed by atoms with E-state index in [1.165, 1.54) is 12.0 Å². The molecule has 2 aromatic heterocycles. The first-order valence-electron chi connectivity index (χ1n) is 7.29. The summed E-state index contributed by atoms with van der Waals surface area (Å²) in [5.41, 5.74) is 2.00. The van der Waals surface area contributed by atoms with Crippen LogP contribution in [-0.2, 0) is 5.41 Å². The number of nitrogens with zero attached hydrogens (tertiary/aromatic N) is 3. The maximum absolute atomic E-state index is 5.47. The van der Waals surface area contributed by atoms with Gasteiger partial charge in [-0.15, -0.1) is 0 Å². The second-order valence-corrected chi connectivity index (χ2v) is 6.52. The van der Waals surface area contributed by atoms with E-state index in [9.17, 15) is 0 Å². The van der Waals surface area contributed by atoms with Gasteiger partial charge in [-0.25, -0.2) is 0 Å². The molecule has 0 bridgehead atoms. The quantitative estimate of drug-likeness (QED) is 0.700. The molecule has 110 valence electrons. The Morgan fingerprint density at radius 2 is 1.91 bits per heavy atom. The molecule has 1 saturated carbocycles. The van der Waals surface area contributed by atoms with Crippen LogP contribution in [0.15, 0.2) is 57.8 Å². The van der Waals surface area contributed by atoms with Crippen molar-refractivity contribution in [3.63, 3.8) is 0 Å². The van der Waals surface area contributed by atoms with Gasteiger partial charge >= 0.3 is 0 Å². The molecule has 5 heteroatoms. The van der Waals surface area contributed by atoms with Crippen molar-refractivity contribution in [2.24, 2.45) is 0 Å². The van der Waals surface area contributed by atoms with Gasteiger partial charge in [-0.1, -0.05) is 39.6 Å². The average Bonchev–Trinajstić information content (AvgIpc) is 2.99. The van der Waals surface area contributed by atoms with Gasteiger partial charge in [0.25, 0.3) is 5.89 Å². The van der Waals surface area contributed by atoms with Crippen molar-refractivity contribution >= 4 is 15.9 Å². The summed E-state index contributed by atoms with van der Waals surface area (Å²) in [5.74, 6) is 1.31. The van der Waals surface area contributed by atoms with Crippen LogP contribution in [0.4, 0.5) is 0 Å². The highest BCUT2D eigenvalue weighted by Gasteiger charge is 2.44. The summed E-state index contributed by atoms with van der Waals surface area (Å²) in [6.07, 6.45) is 6.77. The first-order valence-corrected chi connectivity index (χ1v) is 8.08. The van der Waals surface area contributed by atoms with Gasteiger partial charge in [0.1, 0.15) is 0 Å². The molecule has 22 heavy (non-hydrogen) atoms. The predicted octanol–water partition coefficient (Wildman–Crippen LogP) is 4.36. The number of benzene rings is 1. The highest BCUT2D eigenvalue weighted by molar-refractivity contribution is 9.10. The van der Waals surface area contributed by atoms with Crippen LogP contribution in [0, 0.1) is 0 Å². The van der Waals surface area contributed by atoms with E-state index in [2.05, 4.69) is 55.3 Å². The van der Waals surface area contributed by atoms with Crippen LogP contribution in [0.1, 0.15) is 30.7 Å². The lowest BCUT2D eigenvalue weighted by atomic mass is 9.64. The number of hydrogen-bond acceptors (Lipinski definition) is 4. The first kappa shape index (κ1) is 13.6. The van der Waals surface area contributed by atoms with E-state index >= 15 is 0 Å². The van der Waals surface area contributed by atoms with Gasteiger partial charge in [-0.05, 0) is 42.7 Å². The van der Waals surface area contributed by atoms with Crippen molar-refractivity contribution in [3.8, 4) is 11.5 Å². The van der Waals surface area contributed by atoms with E-state index in [0.29, 0.717) is 5.89 Å². The molecule has 0 spiro atoms. The second-order valence-electron chi connectivity index (χ2n) is 5.61. The fourth-order valence-corrected chi connectivity index (χ4v) is 3.23. The summed E-state index contributed by atoms with van der Waals surface area (Å²) in [6.45, 7) is 0. The first-order chi connectivity index (χ1) is 10.8. The Kier molecular flexibility index (Phi) is 3.30. The smallest absolute Gasteiger partial charge is 0.259 e. The highest BCUT2D eigenvalue weighted by Crippen LogP contribution is 2.48. The lowest BCUT2D eigenvalue weighted by Crippen LogP contribution is -2.36. The van der Waals surface area contributed by atoms with Gasteiger partial charge in [0.15, 0.2) is 5.82 Å². The Labute approximate surface area is 136 Å². The van der Waals surface area contributed by atoms with Crippen LogP contribution in [-0.4, -0.2) is 15.1 Å².